The summed E-state index contributed by atoms with van der Waals surface area (Å²) in [5.41, 5.74) is 3.56. The smallest absolute Gasteiger partial charge is 0.139 e. The topological polar surface area (TPSA) is 17.8 Å². The van der Waals surface area contributed by atoms with E-state index in [4.69, 9.17) is 11.6 Å². The Morgan fingerprint density at radius 3 is 2.52 bits per heavy atom. The zero-order valence-corrected chi connectivity index (χ0v) is 13.9. The van der Waals surface area contributed by atoms with Gasteiger partial charge < -0.3 is 0 Å². The summed E-state index contributed by atoms with van der Waals surface area (Å²) >= 11 is 9.48. The van der Waals surface area contributed by atoms with Crippen LogP contribution in [0.3, 0.4) is 0 Å². The number of halogens is 3. The molecule has 2 nitrogen and oxygen atoms in total. The number of alkyl halides is 1. The van der Waals surface area contributed by atoms with E-state index in [0.29, 0.717) is 15.8 Å². The highest BCUT2D eigenvalue weighted by Crippen LogP contribution is 2.31. The van der Waals surface area contributed by atoms with E-state index in [0.717, 1.165) is 11.2 Å². The molecule has 1 aromatic heterocycles. The summed E-state index contributed by atoms with van der Waals surface area (Å²) in [5, 5.41) is -0.277. The lowest BCUT2D eigenvalue weighted by Crippen LogP contribution is -2.01. The van der Waals surface area contributed by atoms with Gasteiger partial charge in [0.15, 0.2) is 0 Å². The predicted octanol–water partition coefficient (Wildman–Crippen LogP) is 5.54. The van der Waals surface area contributed by atoms with Crippen molar-refractivity contribution in [1.29, 1.82) is 0 Å². The molecule has 0 fully saturated rings. The number of imidazole rings is 1. The van der Waals surface area contributed by atoms with E-state index in [1.807, 2.05) is 42.7 Å². The third kappa shape index (κ3) is 2.58. The van der Waals surface area contributed by atoms with Crippen LogP contribution in [0.1, 0.15) is 23.7 Å². The van der Waals surface area contributed by atoms with E-state index < -0.39 is 0 Å². The van der Waals surface area contributed by atoms with Crippen molar-refractivity contribution < 1.29 is 4.39 Å². The molecule has 1 heterocycles. The van der Waals surface area contributed by atoms with Gasteiger partial charge in [0.2, 0.25) is 0 Å². The van der Waals surface area contributed by atoms with Crippen LogP contribution < -0.4 is 0 Å². The van der Waals surface area contributed by atoms with E-state index in [9.17, 15) is 4.39 Å². The molecule has 21 heavy (non-hydrogen) atoms. The summed E-state index contributed by atoms with van der Waals surface area (Å²) in [4.78, 5) is 4.48. The first kappa shape index (κ1) is 14.5. The van der Waals surface area contributed by atoms with Crippen molar-refractivity contribution in [1.82, 2.24) is 9.55 Å². The number of hydrogen-bond donors (Lipinski definition) is 0. The molecule has 3 rings (SSSR count). The molecule has 0 spiro atoms. The second-order valence-corrected chi connectivity index (χ2v) is 6.52. The zero-order valence-electron chi connectivity index (χ0n) is 11.6. The van der Waals surface area contributed by atoms with Crippen LogP contribution in [0, 0.1) is 12.7 Å². The van der Waals surface area contributed by atoms with Crippen molar-refractivity contribution in [2.75, 3.05) is 0 Å². The van der Waals surface area contributed by atoms with Crippen molar-refractivity contribution in [3.05, 3.63) is 58.1 Å². The molecule has 0 N–H and O–H groups in total. The first-order valence-corrected chi connectivity index (χ1v) is 7.79. The van der Waals surface area contributed by atoms with E-state index in [-0.39, 0.29) is 11.2 Å². The van der Waals surface area contributed by atoms with Crippen molar-refractivity contribution in [2.24, 2.45) is 0 Å². The maximum absolute atomic E-state index is 13.7. The minimum absolute atomic E-state index is 0.277. The monoisotopic (exact) mass is 366 g/mol. The lowest BCUT2D eigenvalue weighted by Gasteiger charge is -2.11. The summed E-state index contributed by atoms with van der Waals surface area (Å²) in [6.07, 6.45) is 0. The Bertz CT molecular complexity index is 809. The molecule has 108 valence electrons. The van der Waals surface area contributed by atoms with Gasteiger partial charge in [-0.1, -0.05) is 17.7 Å². The van der Waals surface area contributed by atoms with Crippen LogP contribution in [0.15, 0.2) is 40.9 Å². The van der Waals surface area contributed by atoms with Crippen LogP contribution in [0.25, 0.3) is 16.7 Å². The normalized spacial score (nSPS) is 12.8. The average Bonchev–Trinajstić information content (AvgIpc) is 2.79. The van der Waals surface area contributed by atoms with Gasteiger partial charge in [-0.2, -0.15) is 0 Å². The molecule has 3 aromatic rings. The SMILES string of the molecule is Cc1ccc(-n2c(C(C)Cl)nc3cc(F)c(Br)cc32)cc1. The average molecular weight is 368 g/mol. The molecule has 5 heteroatoms. The highest BCUT2D eigenvalue weighted by Gasteiger charge is 2.18. The van der Waals surface area contributed by atoms with Crippen LogP contribution in [-0.2, 0) is 0 Å². The predicted molar refractivity (Wildman–Crippen MR) is 87.7 cm³/mol. The van der Waals surface area contributed by atoms with Gasteiger partial charge in [0.05, 0.1) is 20.9 Å². The number of aromatic nitrogens is 2. The second kappa shape index (κ2) is 5.43. The Hall–Kier alpha value is -1.39. The molecule has 0 amide bonds. The van der Waals surface area contributed by atoms with Crippen LogP contribution in [0.4, 0.5) is 4.39 Å². The zero-order chi connectivity index (χ0) is 15.1. The van der Waals surface area contributed by atoms with Gasteiger partial charge in [0, 0.05) is 11.8 Å². The van der Waals surface area contributed by atoms with Crippen molar-refractivity contribution in [2.45, 2.75) is 19.2 Å². The summed E-state index contributed by atoms with van der Waals surface area (Å²) in [7, 11) is 0. The van der Waals surface area contributed by atoms with Crippen molar-refractivity contribution >= 4 is 38.6 Å². The quantitative estimate of drug-likeness (QED) is 0.544. The van der Waals surface area contributed by atoms with Crippen molar-refractivity contribution in [3.63, 3.8) is 0 Å². The molecule has 0 aliphatic heterocycles. The third-order valence-electron chi connectivity index (χ3n) is 3.37. The first-order chi connectivity index (χ1) is 9.97. The number of aryl methyl sites for hydroxylation is 1. The minimum atomic E-state index is -0.329. The molecule has 2 aromatic carbocycles. The van der Waals surface area contributed by atoms with Crippen molar-refractivity contribution in [3.8, 4) is 5.69 Å². The van der Waals surface area contributed by atoms with Gasteiger partial charge in [-0.05, 0) is 48.0 Å². The van der Waals surface area contributed by atoms with Gasteiger partial charge in [-0.15, -0.1) is 11.6 Å². The highest BCUT2D eigenvalue weighted by atomic mass is 79.9. The molecule has 0 saturated carbocycles. The van der Waals surface area contributed by atoms with E-state index in [2.05, 4.69) is 20.9 Å². The van der Waals surface area contributed by atoms with Crippen LogP contribution in [-0.4, -0.2) is 9.55 Å². The number of fused-ring (bicyclic) bond motifs is 1. The van der Waals surface area contributed by atoms with Crippen LogP contribution >= 0.6 is 27.5 Å². The van der Waals surface area contributed by atoms with Crippen LogP contribution in [0.5, 0.6) is 0 Å². The molecular formula is C16H13BrClFN2. The molecular weight excluding hydrogens is 355 g/mol. The Morgan fingerprint density at radius 1 is 1.24 bits per heavy atom. The fourth-order valence-corrected chi connectivity index (χ4v) is 2.80. The van der Waals surface area contributed by atoms with E-state index in [1.165, 1.54) is 11.6 Å². The van der Waals surface area contributed by atoms with Gasteiger partial charge in [0.1, 0.15) is 11.6 Å². The number of hydrogen-bond acceptors (Lipinski definition) is 1. The number of benzene rings is 2. The molecule has 0 bridgehead atoms. The van der Waals surface area contributed by atoms with Gasteiger partial charge in [-0.3, -0.25) is 4.57 Å². The largest absolute Gasteiger partial charge is 0.295 e. The lowest BCUT2D eigenvalue weighted by molar-refractivity contribution is 0.623. The summed E-state index contributed by atoms with van der Waals surface area (Å²) < 4.78 is 16.1. The van der Waals surface area contributed by atoms with Gasteiger partial charge in [-0.25, -0.2) is 9.37 Å². The fraction of sp³-hybridized carbons (Fsp3) is 0.188. The Morgan fingerprint density at radius 2 is 1.90 bits per heavy atom. The maximum atomic E-state index is 13.7. The highest BCUT2D eigenvalue weighted by molar-refractivity contribution is 9.10. The summed E-state index contributed by atoms with van der Waals surface area (Å²) in [5.74, 6) is 0.373. The Balaban J connectivity index is 2.35. The summed E-state index contributed by atoms with van der Waals surface area (Å²) in [6, 6.07) is 11.2. The maximum Gasteiger partial charge on any atom is 0.139 e. The van der Waals surface area contributed by atoms with E-state index >= 15 is 0 Å². The lowest BCUT2D eigenvalue weighted by atomic mass is 10.2. The second-order valence-electron chi connectivity index (χ2n) is 5.01. The van der Waals surface area contributed by atoms with Gasteiger partial charge in [0.25, 0.3) is 0 Å². The van der Waals surface area contributed by atoms with E-state index in [1.54, 1.807) is 6.07 Å². The molecule has 0 aliphatic carbocycles. The number of nitrogens with zero attached hydrogens (tertiary/aromatic N) is 2. The van der Waals surface area contributed by atoms with Gasteiger partial charge >= 0.3 is 0 Å². The molecule has 1 unspecified atom stereocenters. The Labute approximate surface area is 135 Å². The standard InChI is InChI=1S/C16H13BrClFN2/c1-9-3-5-11(6-4-9)21-15-7-12(17)13(19)8-14(15)20-16(21)10(2)18/h3-8,10H,1-2H3. The first-order valence-electron chi connectivity index (χ1n) is 6.56. The number of rotatable bonds is 2. The molecule has 0 radical (unpaired) electrons. The molecule has 0 saturated heterocycles. The Kier molecular flexibility index (Phi) is 3.76. The third-order valence-corrected chi connectivity index (χ3v) is 4.17. The fourth-order valence-electron chi connectivity index (χ4n) is 2.32. The summed E-state index contributed by atoms with van der Waals surface area (Å²) in [6.45, 7) is 3.89. The molecule has 1 atom stereocenters. The molecule has 0 aliphatic rings. The van der Waals surface area contributed by atoms with Crippen LogP contribution in [0.2, 0.25) is 0 Å². The minimum Gasteiger partial charge on any atom is -0.295 e.